The standard InChI is InChI=1S/C11H22N2O4S/c1-7(2)5-9(10(14)15)13-11(16)12-8(3)6-18(4)17/h7-9H,5-6H2,1-4H3,(H,14,15)(H2,12,13,16)/t8?,9-,18?/m0/s1. The van der Waals surface area contributed by atoms with Crippen molar-refractivity contribution in [3.8, 4) is 0 Å². The van der Waals surface area contributed by atoms with Gasteiger partial charge in [-0.1, -0.05) is 13.8 Å². The second-order valence-corrected chi connectivity index (χ2v) is 6.26. The number of nitrogens with one attached hydrogen (secondary N) is 2. The predicted octanol–water partition coefficient (Wildman–Crippen LogP) is 0.552. The first-order valence-corrected chi connectivity index (χ1v) is 7.55. The van der Waals surface area contributed by atoms with E-state index in [9.17, 15) is 13.8 Å². The molecule has 7 heteroatoms. The first kappa shape index (κ1) is 16.9. The number of carbonyl (C=O) groups is 2. The molecule has 0 aromatic carbocycles. The highest BCUT2D eigenvalue weighted by Gasteiger charge is 2.21. The molecule has 3 N–H and O–H groups in total. The number of amides is 2. The third-order valence-electron chi connectivity index (χ3n) is 2.17. The Bertz CT molecular complexity index is 320. The van der Waals surface area contributed by atoms with Crippen LogP contribution < -0.4 is 10.6 Å². The summed E-state index contributed by atoms with van der Waals surface area (Å²) in [5, 5.41) is 13.9. The Morgan fingerprint density at radius 2 is 1.78 bits per heavy atom. The molecule has 18 heavy (non-hydrogen) atoms. The zero-order valence-electron chi connectivity index (χ0n) is 11.2. The topological polar surface area (TPSA) is 95.5 Å². The minimum Gasteiger partial charge on any atom is -0.480 e. The van der Waals surface area contributed by atoms with Crippen LogP contribution in [-0.2, 0) is 15.6 Å². The first-order chi connectivity index (χ1) is 8.22. The molecule has 0 radical (unpaired) electrons. The number of rotatable bonds is 7. The second kappa shape index (κ2) is 8.07. The van der Waals surface area contributed by atoms with Crippen LogP contribution >= 0.6 is 0 Å². The van der Waals surface area contributed by atoms with Crippen molar-refractivity contribution in [2.45, 2.75) is 39.3 Å². The first-order valence-electron chi connectivity index (χ1n) is 5.82. The number of hydrogen-bond acceptors (Lipinski definition) is 3. The number of carbonyl (C=O) groups excluding carboxylic acids is 1. The largest absolute Gasteiger partial charge is 0.480 e. The summed E-state index contributed by atoms with van der Waals surface area (Å²) in [6, 6.07) is -1.70. The second-order valence-electron chi connectivity index (χ2n) is 4.78. The van der Waals surface area contributed by atoms with E-state index in [1.54, 1.807) is 13.2 Å². The van der Waals surface area contributed by atoms with Crippen LogP contribution in [0.2, 0.25) is 0 Å². The van der Waals surface area contributed by atoms with Crippen molar-refractivity contribution in [1.29, 1.82) is 0 Å². The van der Waals surface area contributed by atoms with Gasteiger partial charge in [0, 0.05) is 28.9 Å². The Kier molecular flexibility index (Phi) is 7.58. The number of aliphatic carboxylic acids is 1. The molecule has 0 fully saturated rings. The molecule has 0 rings (SSSR count). The molecule has 0 bridgehead atoms. The van der Waals surface area contributed by atoms with Gasteiger partial charge in [0.15, 0.2) is 0 Å². The fourth-order valence-corrected chi connectivity index (χ4v) is 2.30. The van der Waals surface area contributed by atoms with Gasteiger partial charge in [-0.3, -0.25) is 4.21 Å². The Balaban J connectivity index is 4.25. The Morgan fingerprint density at radius 1 is 1.22 bits per heavy atom. The molecule has 0 aliphatic rings. The molecule has 106 valence electrons. The van der Waals surface area contributed by atoms with Crippen molar-refractivity contribution in [3.63, 3.8) is 0 Å². The van der Waals surface area contributed by atoms with E-state index in [2.05, 4.69) is 10.6 Å². The lowest BCUT2D eigenvalue weighted by atomic mass is 10.0. The van der Waals surface area contributed by atoms with Crippen molar-refractivity contribution < 1.29 is 18.9 Å². The number of carboxylic acid groups (broad SMARTS) is 1. The summed E-state index contributed by atoms with van der Waals surface area (Å²) in [5.41, 5.74) is 0. The summed E-state index contributed by atoms with van der Waals surface area (Å²) in [4.78, 5) is 22.5. The van der Waals surface area contributed by atoms with Gasteiger partial charge < -0.3 is 15.7 Å². The molecule has 0 saturated heterocycles. The average molecular weight is 278 g/mol. The van der Waals surface area contributed by atoms with Crippen LogP contribution in [0.25, 0.3) is 0 Å². The maximum Gasteiger partial charge on any atom is 0.326 e. The van der Waals surface area contributed by atoms with E-state index in [-0.39, 0.29) is 12.0 Å². The van der Waals surface area contributed by atoms with Gasteiger partial charge in [0.05, 0.1) is 0 Å². The lowest BCUT2D eigenvalue weighted by Crippen LogP contribution is -2.49. The summed E-state index contributed by atoms with van der Waals surface area (Å²) >= 11 is 0. The summed E-state index contributed by atoms with van der Waals surface area (Å²) in [7, 11) is -1.00. The third kappa shape index (κ3) is 8.05. The molecular weight excluding hydrogens is 256 g/mol. The van der Waals surface area contributed by atoms with Crippen LogP contribution in [0.1, 0.15) is 27.2 Å². The highest BCUT2D eigenvalue weighted by atomic mass is 32.2. The van der Waals surface area contributed by atoms with Crippen LogP contribution in [-0.4, -0.2) is 45.4 Å². The van der Waals surface area contributed by atoms with Crippen molar-refractivity contribution in [2.24, 2.45) is 5.92 Å². The molecule has 2 unspecified atom stereocenters. The minimum absolute atomic E-state index is 0.173. The lowest BCUT2D eigenvalue weighted by Gasteiger charge is -2.19. The molecule has 2 amide bonds. The van der Waals surface area contributed by atoms with E-state index in [0.717, 1.165) is 0 Å². The van der Waals surface area contributed by atoms with E-state index < -0.39 is 28.8 Å². The summed E-state index contributed by atoms with van der Waals surface area (Å²) in [6.07, 6.45) is 1.92. The van der Waals surface area contributed by atoms with Gasteiger partial charge in [-0.15, -0.1) is 0 Å². The molecule has 3 atom stereocenters. The normalized spacial score (nSPS) is 15.8. The van der Waals surface area contributed by atoms with E-state index in [4.69, 9.17) is 5.11 Å². The van der Waals surface area contributed by atoms with Crippen LogP contribution in [0.4, 0.5) is 4.79 Å². The fraction of sp³-hybridized carbons (Fsp3) is 0.818. The van der Waals surface area contributed by atoms with Crippen molar-refractivity contribution in [3.05, 3.63) is 0 Å². The molecule has 6 nitrogen and oxygen atoms in total. The highest BCUT2D eigenvalue weighted by Crippen LogP contribution is 2.04. The van der Waals surface area contributed by atoms with E-state index in [1.807, 2.05) is 13.8 Å². The molecule has 0 spiro atoms. The summed E-state index contributed by atoms with van der Waals surface area (Å²) < 4.78 is 11.0. The number of carboxylic acids is 1. The SMILES string of the molecule is CC(C)C[C@H](NC(=O)NC(C)CS(C)=O)C(=O)O. The van der Waals surface area contributed by atoms with Gasteiger partial charge in [-0.2, -0.15) is 0 Å². The number of hydrogen-bond donors (Lipinski definition) is 3. The Morgan fingerprint density at radius 3 is 2.17 bits per heavy atom. The van der Waals surface area contributed by atoms with Gasteiger partial charge in [-0.25, -0.2) is 9.59 Å². The molecule has 0 saturated carbocycles. The minimum atomic E-state index is -1.05. The fourth-order valence-electron chi connectivity index (χ4n) is 1.51. The average Bonchev–Trinajstić information content (AvgIpc) is 2.13. The monoisotopic (exact) mass is 278 g/mol. The number of urea groups is 1. The summed E-state index contributed by atoms with van der Waals surface area (Å²) in [6.45, 7) is 5.50. The van der Waals surface area contributed by atoms with Crippen LogP contribution in [0.3, 0.4) is 0 Å². The van der Waals surface area contributed by atoms with Gasteiger partial charge in [0.2, 0.25) is 0 Å². The maximum absolute atomic E-state index is 11.5. The zero-order chi connectivity index (χ0) is 14.3. The van der Waals surface area contributed by atoms with Gasteiger partial charge >= 0.3 is 12.0 Å². The highest BCUT2D eigenvalue weighted by molar-refractivity contribution is 7.84. The van der Waals surface area contributed by atoms with Crippen LogP contribution in [0.5, 0.6) is 0 Å². The van der Waals surface area contributed by atoms with Crippen molar-refractivity contribution in [2.75, 3.05) is 12.0 Å². The van der Waals surface area contributed by atoms with E-state index in [1.165, 1.54) is 0 Å². The maximum atomic E-state index is 11.5. The molecule has 0 aromatic heterocycles. The molecule has 0 heterocycles. The predicted molar refractivity (Wildman–Crippen MR) is 70.9 cm³/mol. The van der Waals surface area contributed by atoms with E-state index in [0.29, 0.717) is 12.2 Å². The quantitative estimate of drug-likeness (QED) is 0.634. The Hall–Kier alpha value is -1.11. The van der Waals surface area contributed by atoms with Crippen LogP contribution in [0, 0.1) is 5.92 Å². The van der Waals surface area contributed by atoms with Crippen molar-refractivity contribution >= 4 is 22.8 Å². The smallest absolute Gasteiger partial charge is 0.326 e. The van der Waals surface area contributed by atoms with Gasteiger partial charge in [0.25, 0.3) is 0 Å². The van der Waals surface area contributed by atoms with Gasteiger partial charge in [-0.05, 0) is 19.3 Å². The molecule has 0 aliphatic heterocycles. The lowest BCUT2D eigenvalue weighted by molar-refractivity contribution is -0.139. The van der Waals surface area contributed by atoms with Gasteiger partial charge in [0.1, 0.15) is 6.04 Å². The van der Waals surface area contributed by atoms with Crippen molar-refractivity contribution in [1.82, 2.24) is 10.6 Å². The molecular formula is C11H22N2O4S. The Labute approximate surface area is 110 Å². The molecule has 0 aliphatic carbocycles. The summed E-state index contributed by atoms with van der Waals surface area (Å²) in [5.74, 6) is -0.535. The molecule has 0 aromatic rings. The van der Waals surface area contributed by atoms with E-state index >= 15 is 0 Å². The zero-order valence-corrected chi connectivity index (χ0v) is 12.0. The van der Waals surface area contributed by atoms with Crippen LogP contribution in [0.15, 0.2) is 0 Å². The third-order valence-corrected chi connectivity index (χ3v) is 3.14.